The summed E-state index contributed by atoms with van der Waals surface area (Å²) in [5.41, 5.74) is 7.96. The molecule has 3 heterocycles. The van der Waals surface area contributed by atoms with E-state index in [-0.39, 0.29) is 5.95 Å². The molecule has 98 valence electrons. The van der Waals surface area contributed by atoms with Gasteiger partial charge in [-0.15, -0.1) is 11.3 Å². The van der Waals surface area contributed by atoms with Crippen LogP contribution in [-0.4, -0.2) is 24.9 Å². The van der Waals surface area contributed by atoms with E-state index in [0.717, 1.165) is 16.3 Å². The molecule has 0 saturated heterocycles. The van der Waals surface area contributed by atoms with Gasteiger partial charge >= 0.3 is 0 Å². The molecule has 4 N–H and O–H groups in total. The summed E-state index contributed by atoms with van der Waals surface area (Å²) in [5.74, 6) is 1.17. The summed E-state index contributed by atoms with van der Waals surface area (Å²) in [6.45, 7) is 4.21. The van der Waals surface area contributed by atoms with Crippen LogP contribution in [0.5, 0.6) is 0 Å². The summed E-state index contributed by atoms with van der Waals surface area (Å²) >= 11 is 1.53. The normalized spacial score (nSPS) is 11.3. The molecule has 8 heteroatoms. The average Bonchev–Trinajstić information content (AvgIpc) is 2.96. The molecule has 0 aliphatic heterocycles. The maximum Gasteiger partial charge on any atom is 0.224 e. The number of aromatic amines is 1. The third kappa shape index (κ3) is 2.22. The molecule has 0 unspecified atom stereocenters. The molecule has 0 amide bonds. The van der Waals surface area contributed by atoms with Crippen LogP contribution in [0.1, 0.15) is 25.5 Å². The van der Waals surface area contributed by atoms with Crippen molar-refractivity contribution in [3.8, 4) is 0 Å². The van der Waals surface area contributed by atoms with E-state index in [1.54, 1.807) is 6.33 Å². The molecule has 0 atom stereocenters. The number of rotatable bonds is 3. The highest BCUT2D eigenvalue weighted by Crippen LogP contribution is 2.26. The van der Waals surface area contributed by atoms with Gasteiger partial charge in [0.2, 0.25) is 5.95 Å². The highest BCUT2D eigenvalue weighted by molar-refractivity contribution is 7.13. The van der Waals surface area contributed by atoms with E-state index in [9.17, 15) is 0 Å². The first kappa shape index (κ1) is 11.8. The van der Waals surface area contributed by atoms with E-state index in [0.29, 0.717) is 17.4 Å². The zero-order valence-electron chi connectivity index (χ0n) is 10.5. The van der Waals surface area contributed by atoms with Crippen LogP contribution in [0.25, 0.3) is 11.2 Å². The van der Waals surface area contributed by atoms with Gasteiger partial charge in [0.05, 0.1) is 12.0 Å². The van der Waals surface area contributed by atoms with Gasteiger partial charge in [-0.25, -0.2) is 9.97 Å². The lowest BCUT2D eigenvalue weighted by molar-refractivity contribution is 0.834. The van der Waals surface area contributed by atoms with Crippen LogP contribution in [0.15, 0.2) is 11.7 Å². The van der Waals surface area contributed by atoms with E-state index >= 15 is 0 Å². The highest BCUT2D eigenvalue weighted by atomic mass is 32.1. The van der Waals surface area contributed by atoms with Crippen molar-refractivity contribution >= 4 is 39.4 Å². The SMILES string of the molecule is CC(C)c1csc(Nc2nc(N)nc3nc[nH]c23)n1. The number of fused-ring (bicyclic) bond motifs is 1. The van der Waals surface area contributed by atoms with Crippen molar-refractivity contribution in [3.63, 3.8) is 0 Å². The number of nitrogen functional groups attached to an aromatic ring is 1. The summed E-state index contributed by atoms with van der Waals surface area (Å²) in [4.78, 5) is 19.8. The zero-order chi connectivity index (χ0) is 13.4. The van der Waals surface area contributed by atoms with Crippen LogP contribution in [0, 0.1) is 0 Å². The molecule has 0 aromatic carbocycles. The largest absolute Gasteiger partial charge is 0.368 e. The number of H-pyrrole nitrogens is 1. The predicted molar refractivity (Wildman–Crippen MR) is 75.6 cm³/mol. The molecular weight excluding hydrogens is 262 g/mol. The standard InChI is InChI=1S/C11H13N7S/c1-5(2)6-3-19-11(15-6)18-9-7-8(14-4-13-7)16-10(12)17-9/h3-5H,1-2H3,(H4,12,13,14,15,16,17,18). The van der Waals surface area contributed by atoms with Crippen LogP contribution in [0.3, 0.4) is 0 Å². The number of thiazole rings is 1. The predicted octanol–water partition coefficient (Wildman–Crippen LogP) is 2.26. The molecule has 0 saturated carbocycles. The van der Waals surface area contributed by atoms with E-state index in [1.165, 1.54) is 11.3 Å². The zero-order valence-corrected chi connectivity index (χ0v) is 11.3. The molecule has 3 aromatic rings. The fourth-order valence-electron chi connectivity index (χ4n) is 1.65. The number of nitrogens with zero attached hydrogens (tertiary/aromatic N) is 4. The van der Waals surface area contributed by atoms with Crippen LogP contribution in [0.4, 0.5) is 16.9 Å². The Bertz CT molecular complexity index is 715. The van der Waals surface area contributed by atoms with Gasteiger partial charge in [0.1, 0.15) is 5.52 Å². The summed E-state index contributed by atoms with van der Waals surface area (Å²) in [6, 6.07) is 0. The van der Waals surface area contributed by atoms with Crippen molar-refractivity contribution < 1.29 is 0 Å². The number of nitrogens with one attached hydrogen (secondary N) is 2. The first-order valence-electron chi connectivity index (χ1n) is 5.82. The maximum absolute atomic E-state index is 5.66. The van der Waals surface area contributed by atoms with Gasteiger partial charge in [-0.3, -0.25) is 0 Å². The van der Waals surface area contributed by atoms with Crippen molar-refractivity contribution in [1.82, 2.24) is 24.9 Å². The van der Waals surface area contributed by atoms with Gasteiger partial charge in [-0.1, -0.05) is 13.8 Å². The van der Waals surface area contributed by atoms with Gasteiger partial charge in [-0.05, 0) is 5.92 Å². The second-order valence-electron chi connectivity index (χ2n) is 4.39. The lowest BCUT2D eigenvalue weighted by atomic mass is 10.2. The Labute approximate surface area is 113 Å². The van der Waals surface area contributed by atoms with Crippen LogP contribution < -0.4 is 11.1 Å². The number of anilines is 3. The number of imidazole rings is 1. The fourth-order valence-corrected chi connectivity index (χ4v) is 2.52. The molecule has 0 bridgehead atoms. The van der Waals surface area contributed by atoms with Gasteiger partial charge < -0.3 is 16.0 Å². The Kier molecular flexibility index (Phi) is 2.79. The maximum atomic E-state index is 5.66. The summed E-state index contributed by atoms with van der Waals surface area (Å²) in [5, 5.41) is 5.96. The second-order valence-corrected chi connectivity index (χ2v) is 5.25. The van der Waals surface area contributed by atoms with Gasteiger partial charge in [-0.2, -0.15) is 9.97 Å². The Hall–Kier alpha value is -2.22. The number of hydrogen-bond acceptors (Lipinski definition) is 7. The molecular formula is C11H13N7S. The van der Waals surface area contributed by atoms with E-state index in [2.05, 4.69) is 44.1 Å². The minimum Gasteiger partial charge on any atom is -0.368 e. The molecule has 0 aliphatic rings. The third-order valence-electron chi connectivity index (χ3n) is 2.64. The number of nitrogens with two attached hydrogens (primary N) is 1. The Morgan fingerprint density at radius 1 is 1.32 bits per heavy atom. The van der Waals surface area contributed by atoms with Crippen molar-refractivity contribution in [2.75, 3.05) is 11.1 Å². The second kappa shape index (κ2) is 4.47. The molecule has 0 radical (unpaired) electrons. The first-order chi connectivity index (χ1) is 9.13. The van der Waals surface area contributed by atoms with Gasteiger partial charge in [0.25, 0.3) is 0 Å². The van der Waals surface area contributed by atoms with Crippen LogP contribution >= 0.6 is 11.3 Å². The van der Waals surface area contributed by atoms with Gasteiger partial charge in [0, 0.05) is 5.38 Å². The minimum atomic E-state index is 0.183. The quantitative estimate of drug-likeness (QED) is 0.677. The molecule has 0 spiro atoms. The summed E-state index contributed by atoms with van der Waals surface area (Å²) in [7, 11) is 0. The molecule has 0 aliphatic carbocycles. The Balaban J connectivity index is 1.97. The third-order valence-corrected chi connectivity index (χ3v) is 3.42. The molecule has 3 rings (SSSR count). The smallest absolute Gasteiger partial charge is 0.224 e. The molecule has 19 heavy (non-hydrogen) atoms. The minimum absolute atomic E-state index is 0.183. The summed E-state index contributed by atoms with van der Waals surface area (Å²) in [6.07, 6.45) is 1.56. The monoisotopic (exact) mass is 275 g/mol. The highest BCUT2D eigenvalue weighted by Gasteiger charge is 2.11. The number of hydrogen-bond donors (Lipinski definition) is 3. The lowest BCUT2D eigenvalue weighted by Crippen LogP contribution is -2.01. The van der Waals surface area contributed by atoms with Crippen molar-refractivity contribution in [2.45, 2.75) is 19.8 Å². The van der Waals surface area contributed by atoms with Crippen molar-refractivity contribution in [3.05, 3.63) is 17.4 Å². The van der Waals surface area contributed by atoms with Crippen LogP contribution in [0.2, 0.25) is 0 Å². The van der Waals surface area contributed by atoms with Crippen LogP contribution in [-0.2, 0) is 0 Å². The van der Waals surface area contributed by atoms with Crippen molar-refractivity contribution in [2.24, 2.45) is 0 Å². The topological polar surface area (TPSA) is 105 Å². The van der Waals surface area contributed by atoms with E-state index < -0.39 is 0 Å². The Morgan fingerprint density at radius 2 is 2.16 bits per heavy atom. The van der Waals surface area contributed by atoms with Crippen molar-refractivity contribution in [1.29, 1.82) is 0 Å². The lowest BCUT2D eigenvalue weighted by Gasteiger charge is -2.03. The average molecular weight is 275 g/mol. The number of aromatic nitrogens is 5. The fraction of sp³-hybridized carbons (Fsp3) is 0.273. The molecule has 0 fully saturated rings. The summed E-state index contributed by atoms with van der Waals surface area (Å²) < 4.78 is 0. The van der Waals surface area contributed by atoms with E-state index in [1.807, 2.05) is 5.38 Å². The molecule has 3 aromatic heterocycles. The Morgan fingerprint density at radius 3 is 2.89 bits per heavy atom. The van der Waals surface area contributed by atoms with Gasteiger partial charge in [0.15, 0.2) is 16.6 Å². The first-order valence-corrected chi connectivity index (χ1v) is 6.70. The molecule has 7 nitrogen and oxygen atoms in total. The van der Waals surface area contributed by atoms with E-state index in [4.69, 9.17) is 5.73 Å².